The number of rotatable bonds is 1. The van der Waals surface area contributed by atoms with Gasteiger partial charge >= 0.3 is 0 Å². The lowest BCUT2D eigenvalue weighted by atomic mass is 9.84. The molecule has 2 aromatic rings. The van der Waals surface area contributed by atoms with Crippen molar-refractivity contribution in [3.63, 3.8) is 0 Å². The molecule has 1 atom stereocenters. The molecular formula is C21H25NO. The molecule has 0 radical (unpaired) electrons. The van der Waals surface area contributed by atoms with E-state index in [1.807, 2.05) is 24.9 Å². The Labute approximate surface area is 139 Å². The van der Waals surface area contributed by atoms with Gasteiger partial charge in [0.15, 0.2) is 0 Å². The Bertz CT molecular complexity index is 737. The second-order valence-corrected chi connectivity index (χ2v) is 7.67. The fraction of sp³-hybridized carbons (Fsp3) is 0.381. The minimum atomic E-state index is 0.117. The largest absolute Gasteiger partial charge is 0.334 e. The second kappa shape index (κ2) is 5.52. The summed E-state index contributed by atoms with van der Waals surface area (Å²) >= 11 is 0. The van der Waals surface area contributed by atoms with Crippen LogP contribution >= 0.6 is 0 Å². The molecule has 0 N–H and O–H groups in total. The van der Waals surface area contributed by atoms with Crippen molar-refractivity contribution in [3.8, 4) is 0 Å². The van der Waals surface area contributed by atoms with Crippen molar-refractivity contribution in [2.75, 3.05) is 7.05 Å². The van der Waals surface area contributed by atoms with Gasteiger partial charge in [0.1, 0.15) is 0 Å². The molecule has 23 heavy (non-hydrogen) atoms. The zero-order valence-electron chi connectivity index (χ0n) is 14.7. The molecule has 0 aliphatic carbocycles. The molecule has 2 nitrogen and oxygen atoms in total. The lowest BCUT2D eigenvalue weighted by Gasteiger charge is -2.34. The SMILES string of the molecule is Cc1ccc2c(c1)C(=O)N(C)C(c1ccc(C(C)(C)C)cc1)C2. The normalized spacial score (nSPS) is 18.0. The Morgan fingerprint density at radius 3 is 2.30 bits per heavy atom. The summed E-state index contributed by atoms with van der Waals surface area (Å²) in [6.45, 7) is 8.69. The number of hydrogen-bond donors (Lipinski definition) is 0. The Balaban J connectivity index is 1.95. The molecule has 0 saturated carbocycles. The van der Waals surface area contributed by atoms with E-state index in [1.54, 1.807) is 0 Å². The summed E-state index contributed by atoms with van der Waals surface area (Å²) in [5.41, 5.74) is 5.83. The van der Waals surface area contributed by atoms with Crippen LogP contribution in [0.1, 0.15) is 59.4 Å². The van der Waals surface area contributed by atoms with Crippen molar-refractivity contribution in [1.29, 1.82) is 0 Å². The maximum absolute atomic E-state index is 12.7. The first-order chi connectivity index (χ1) is 10.8. The van der Waals surface area contributed by atoms with Gasteiger partial charge in [-0.1, -0.05) is 62.7 Å². The van der Waals surface area contributed by atoms with Gasteiger partial charge in [-0.3, -0.25) is 4.79 Å². The van der Waals surface area contributed by atoms with Crippen molar-refractivity contribution in [1.82, 2.24) is 4.90 Å². The summed E-state index contributed by atoms with van der Waals surface area (Å²) in [5.74, 6) is 0.125. The molecule has 1 amide bonds. The Hall–Kier alpha value is -2.09. The number of fused-ring (bicyclic) bond motifs is 1. The summed E-state index contributed by atoms with van der Waals surface area (Å²) < 4.78 is 0. The van der Waals surface area contributed by atoms with Gasteiger partial charge < -0.3 is 4.90 Å². The van der Waals surface area contributed by atoms with E-state index >= 15 is 0 Å². The van der Waals surface area contributed by atoms with Gasteiger partial charge in [-0.05, 0) is 41.5 Å². The van der Waals surface area contributed by atoms with E-state index in [2.05, 4.69) is 57.2 Å². The molecule has 1 aliphatic rings. The van der Waals surface area contributed by atoms with Crippen LogP contribution in [0.3, 0.4) is 0 Å². The molecule has 0 saturated heterocycles. The minimum Gasteiger partial charge on any atom is -0.334 e. The van der Waals surface area contributed by atoms with Crippen molar-refractivity contribution < 1.29 is 4.79 Å². The van der Waals surface area contributed by atoms with Crippen molar-refractivity contribution in [2.24, 2.45) is 0 Å². The highest BCUT2D eigenvalue weighted by Gasteiger charge is 2.30. The molecule has 2 heteroatoms. The molecule has 0 aromatic heterocycles. The quantitative estimate of drug-likeness (QED) is 0.750. The van der Waals surface area contributed by atoms with Crippen LogP contribution in [-0.4, -0.2) is 17.9 Å². The zero-order chi connectivity index (χ0) is 16.8. The Morgan fingerprint density at radius 2 is 1.70 bits per heavy atom. The van der Waals surface area contributed by atoms with Crippen LogP contribution in [0.4, 0.5) is 0 Å². The highest BCUT2D eigenvalue weighted by Crippen LogP contribution is 2.33. The van der Waals surface area contributed by atoms with Gasteiger partial charge in [0, 0.05) is 12.6 Å². The van der Waals surface area contributed by atoms with Gasteiger partial charge in [-0.15, -0.1) is 0 Å². The van der Waals surface area contributed by atoms with Gasteiger partial charge in [0.05, 0.1) is 6.04 Å². The first-order valence-corrected chi connectivity index (χ1v) is 8.24. The monoisotopic (exact) mass is 307 g/mol. The number of nitrogens with zero attached hydrogens (tertiary/aromatic N) is 1. The van der Waals surface area contributed by atoms with Crippen LogP contribution in [0.25, 0.3) is 0 Å². The van der Waals surface area contributed by atoms with Crippen LogP contribution in [0.15, 0.2) is 42.5 Å². The standard InChI is InChI=1S/C21H25NO/c1-14-6-7-16-13-19(22(5)20(23)18(16)12-14)15-8-10-17(11-9-15)21(2,3)4/h6-12,19H,13H2,1-5H3. The molecule has 1 unspecified atom stereocenters. The van der Waals surface area contributed by atoms with Crippen LogP contribution in [0.2, 0.25) is 0 Å². The average molecular weight is 307 g/mol. The summed E-state index contributed by atoms with van der Waals surface area (Å²) in [6, 6.07) is 15.1. The van der Waals surface area contributed by atoms with E-state index in [-0.39, 0.29) is 17.4 Å². The highest BCUT2D eigenvalue weighted by atomic mass is 16.2. The third kappa shape index (κ3) is 2.90. The minimum absolute atomic E-state index is 0.117. The van der Waals surface area contributed by atoms with Gasteiger partial charge in [-0.25, -0.2) is 0 Å². The van der Waals surface area contributed by atoms with E-state index in [9.17, 15) is 4.79 Å². The topological polar surface area (TPSA) is 20.3 Å². The lowest BCUT2D eigenvalue weighted by Crippen LogP contribution is -2.37. The van der Waals surface area contributed by atoms with Crippen LogP contribution in [0.5, 0.6) is 0 Å². The van der Waals surface area contributed by atoms with Gasteiger partial charge in [0.2, 0.25) is 0 Å². The van der Waals surface area contributed by atoms with E-state index in [1.165, 1.54) is 11.1 Å². The highest BCUT2D eigenvalue weighted by molar-refractivity contribution is 5.97. The fourth-order valence-corrected chi connectivity index (χ4v) is 3.29. The van der Waals surface area contributed by atoms with Crippen LogP contribution in [-0.2, 0) is 11.8 Å². The maximum Gasteiger partial charge on any atom is 0.254 e. The second-order valence-electron chi connectivity index (χ2n) is 7.67. The Kier molecular flexibility index (Phi) is 3.79. The molecule has 0 fully saturated rings. The Morgan fingerprint density at radius 1 is 1.04 bits per heavy atom. The maximum atomic E-state index is 12.7. The smallest absolute Gasteiger partial charge is 0.254 e. The van der Waals surface area contributed by atoms with Gasteiger partial charge in [-0.2, -0.15) is 0 Å². The molecule has 1 aliphatic heterocycles. The molecule has 0 spiro atoms. The summed E-state index contributed by atoms with van der Waals surface area (Å²) in [5, 5.41) is 0. The molecule has 0 bridgehead atoms. The van der Waals surface area contributed by atoms with Crippen LogP contribution < -0.4 is 0 Å². The number of carbonyl (C=O) groups excluding carboxylic acids is 1. The zero-order valence-corrected chi connectivity index (χ0v) is 14.7. The van der Waals surface area contributed by atoms with Crippen molar-refractivity contribution >= 4 is 5.91 Å². The summed E-state index contributed by atoms with van der Waals surface area (Å²) in [6.07, 6.45) is 0.882. The molecule has 120 valence electrons. The van der Waals surface area contributed by atoms with Crippen LogP contribution in [0, 0.1) is 6.92 Å². The van der Waals surface area contributed by atoms with E-state index < -0.39 is 0 Å². The third-order valence-corrected chi connectivity index (χ3v) is 4.86. The number of benzene rings is 2. The number of likely N-dealkylation sites (N-methyl/N-ethyl adjacent to an activating group) is 1. The average Bonchev–Trinajstić information content (AvgIpc) is 2.51. The lowest BCUT2D eigenvalue weighted by molar-refractivity contribution is 0.0705. The molecular weight excluding hydrogens is 282 g/mol. The van der Waals surface area contributed by atoms with E-state index in [0.29, 0.717) is 0 Å². The van der Waals surface area contributed by atoms with E-state index in [4.69, 9.17) is 0 Å². The van der Waals surface area contributed by atoms with Crippen molar-refractivity contribution in [3.05, 3.63) is 70.3 Å². The van der Waals surface area contributed by atoms with E-state index in [0.717, 1.165) is 23.1 Å². The van der Waals surface area contributed by atoms with Gasteiger partial charge in [0.25, 0.3) is 5.91 Å². The molecule has 1 heterocycles. The number of carbonyl (C=O) groups is 1. The van der Waals surface area contributed by atoms with Crippen molar-refractivity contribution in [2.45, 2.75) is 45.6 Å². The third-order valence-electron chi connectivity index (χ3n) is 4.86. The summed E-state index contributed by atoms with van der Waals surface area (Å²) in [7, 11) is 1.91. The fourth-order valence-electron chi connectivity index (χ4n) is 3.29. The number of aryl methyl sites for hydroxylation is 1. The summed E-state index contributed by atoms with van der Waals surface area (Å²) in [4.78, 5) is 14.6. The number of amides is 1. The first-order valence-electron chi connectivity index (χ1n) is 8.24. The molecule has 3 rings (SSSR count). The predicted octanol–water partition coefficient (Wildman–Crippen LogP) is 4.66. The molecule has 2 aromatic carbocycles. The first kappa shape index (κ1) is 15.8. The number of hydrogen-bond acceptors (Lipinski definition) is 1. The predicted molar refractivity (Wildman–Crippen MR) is 94.9 cm³/mol.